The molecule has 0 fully saturated rings. The summed E-state index contributed by atoms with van der Waals surface area (Å²) in [6.07, 6.45) is 11.5. The number of rotatable bonds is 13. The van der Waals surface area contributed by atoms with Gasteiger partial charge in [-0.15, -0.1) is 0 Å². The van der Waals surface area contributed by atoms with E-state index in [1.165, 1.54) is 56.7 Å². The molecule has 0 saturated heterocycles. The Morgan fingerprint density at radius 1 is 0.862 bits per heavy atom. The molecule has 5 nitrogen and oxygen atoms in total. The lowest BCUT2D eigenvalue weighted by molar-refractivity contribution is 0.451. The Kier molecular flexibility index (Phi) is 9.48. The van der Waals surface area contributed by atoms with E-state index in [9.17, 15) is 18.1 Å². The molecule has 0 aliphatic rings. The maximum atomic E-state index is 11.5. The molecule has 0 aliphatic carbocycles. The smallest absolute Gasteiger partial charge is 0.294 e. The molecule has 0 spiro atoms. The van der Waals surface area contributed by atoms with Crippen molar-refractivity contribution in [1.29, 1.82) is 0 Å². The average Bonchev–Trinajstić information content (AvgIpc) is 2.67. The number of aromatic hydroxyl groups is 1. The first kappa shape index (κ1) is 23.2. The van der Waals surface area contributed by atoms with Gasteiger partial charge < -0.3 is 9.84 Å². The van der Waals surface area contributed by atoms with Crippen LogP contribution in [0.4, 0.5) is 0 Å². The Hall–Kier alpha value is -2.05. The quantitative estimate of drug-likeness (QED) is 0.285. The molecular weight excluding hydrogens is 388 g/mol. The van der Waals surface area contributed by atoms with Crippen molar-refractivity contribution in [1.82, 2.24) is 0 Å². The molecule has 29 heavy (non-hydrogen) atoms. The standard InChI is InChI=1S/C23H32O5S/c1-2-3-4-5-6-7-8-9-10-12-19-17-22(29(25,26)27)15-16-23(19)28-21-14-11-13-20(24)18-21/h11,13-18,24H,2-10,12H2,1H3,(H,25,26,27). The lowest BCUT2D eigenvalue weighted by atomic mass is 10.0. The van der Waals surface area contributed by atoms with Gasteiger partial charge in [-0.1, -0.05) is 64.4 Å². The number of ether oxygens (including phenoxy) is 1. The summed E-state index contributed by atoms with van der Waals surface area (Å²) in [5, 5.41) is 9.61. The van der Waals surface area contributed by atoms with Crippen LogP contribution >= 0.6 is 0 Å². The van der Waals surface area contributed by atoms with E-state index in [1.807, 2.05) is 0 Å². The van der Waals surface area contributed by atoms with Crippen LogP contribution < -0.4 is 4.74 Å². The van der Waals surface area contributed by atoms with Gasteiger partial charge in [0.2, 0.25) is 0 Å². The number of phenols is 1. The topological polar surface area (TPSA) is 83.8 Å². The molecule has 0 atom stereocenters. The normalized spacial score (nSPS) is 11.5. The van der Waals surface area contributed by atoms with Crippen molar-refractivity contribution < 1.29 is 22.8 Å². The van der Waals surface area contributed by atoms with Crippen LogP contribution in [0.1, 0.15) is 70.3 Å². The molecule has 0 aliphatic heterocycles. The van der Waals surface area contributed by atoms with Crippen LogP contribution in [0, 0.1) is 0 Å². The second-order valence-electron chi connectivity index (χ2n) is 7.42. The third-order valence-electron chi connectivity index (χ3n) is 4.92. The Bertz CT molecular complexity index is 861. The van der Waals surface area contributed by atoms with Crippen LogP contribution in [0.25, 0.3) is 0 Å². The summed E-state index contributed by atoms with van der Waals surface area (Å²) in [5.41, 5.74) is 0.728. The van der Waals surface area contributed by atoms with E-state index >= 15 is 0 Å². The highest BCUT2D eigenvalue weighted by Crippen LogP contribution is 2.30. The van der Waals surface area contributed by atoms with Crippen LogP contribution in [-0.4, -0.2) is 18.1 Å². The summed E-state index contributed by atoms with van der Waals surface area (Å²) in [6.45, 7) is 2.22. The minimum Gasteiger partial charge on any atom is -0.508 e. The van der Waals surface area contributed by atoms with E-state index in [1.54, 1.807) is 24.3 Å². The first-order valence-corrected chi connectivity index (χ1v) is 11.9. The van der Waals surface area contributed by atoms with Gasteiger partial charge in [-0.3, -0.25) is 4.55 Å². The second kappa shape index (κ2) is 11.8. The SMILES string of the molecule is CCCCCCCCCCCc1cc(S(=O)(=O)O)ccc1Oc1cccc(O)c1. The monoisotopic (exact) mass is 420 g/mol. The van der Waals surface area contributed by atoms with Crippen molar-refractivity contribution in [2.24, 2.45) is 0 Å². The van der Waals surface area contributed by atoms with Crippen molar-refractivity contribution in [3.05, 3.63) is 48.0 Å². The lowest BCUT2D eigenvalue weighted by Gasteiger charge is -2.13. The number of unbranched alkanes of at least 4 members (excludes halogenated alkanes) is 8. The molecule has 0 unspecified atom stereocenters. The van der Waals surface area contributed by atoms with Crippen molar-refractivity contribution in [3.63, 3.8) is 0 Å². The summed E-state index contributed by atoms with van der Waals surface area (Å²) in [4.78, 5) is -0.133. The van der Waals surface area contributed by atoms with Crippen molar-refractivity contribution in [2.45, 2.75) is 76.0 Å². The fourth-order valence-corrected chi connectivity index (χ4v) is 3.84. The van der Waals surface area contributed by atoms with Crippen LogP contribution in [-0.2, 0) is 16.5 Å². The van der Waals surface area contributed by atoms with Gasteiger partial charge in [0.15, 0.2) is 0 Å². The van der Waals surface area contributed by atoms with E-state index in [0.29, 0.717) is 17.9 Å². The minimum atomic E-state index is -4.27. The Morgan fingerprint density at radius 3 is 2.14 bits per heavy atom. The Balaban J connectivity index is 1.96. The molecule has 6 heteroatoms. The molecule has 0 amide bonds. The fraction of sp³-hybridized carbons (Fsp3) is 0.478. The van der Waals surface area contributed by atoms with Crippen LogP contribution in [0.15, 0.2) is 47.4 Å². The summed E-state index contributed by atoms with van der Waals surface area (Å²) >= 11 is 0. The van der Waals surface area contributed by atoms with E-state index in [-0.39, 0.29) is 10.6 Å². The lowest BCUT2D eigenvalue weighted by Crippen LogP contribution is -2.01. The number of hydrogen-bond donors (Lipinski definition) is 2. The van der Waals surface area contributed by atoms with Gasteiger partial charge in [0.1, 0.15) is 17.2 Å². The average molecular weight is 421 g/mol. The van der Waals surface area contributed by atoms with Gasteiger partial charge in [-0.25, -0.2) is 0 Å². The van der Waals surface area contributed by atoms with E-state index in [0.717, 1.165) is 24.8 Å². The Morgan fingerprint density at radius 2 is 1.52 bits per heavy atom. The zero-order valence-corrected chi connectivity index (χ0v) is 18.0. The first-order valence-electron chi connectivity index (χ1n) is 10.5. The highest BCUT2D eigenvalue weighted by atomic mass is 32.2. The number of phenolic OH excluding ortho intramolecular Hbond substituents is 1. The molecule has 2 aromatic carbocycles. The molecule has 2 rings (SSSR count). The zero-order valence-electron chi connectivity index (χ0n) is 17.1. The van der Waals surface area contributed by atoms with Crippen LogP contribution in [0.5, 0.6) is 17.2 Å². The molecular formula is C23H32O5S. The van der Waals surface area contributed by atoms with Gasteiger partial charge in [-0.05, 0) is 48.7 Å². The fourth-order valence-electron chi connectivity index (χ4n) is 3.31. The van der Waals surface area contributed by atoms with Gasteiger partial charge in [0.25, 0.3) is 10.1 Å². The van der Waals surface area contributed by atoms with E-state index < -0.39 is 10.1 Å². The third-order valence-corrected chi connectivity index (χ3v) is 5.77. The molecule has 0 aromatic heterocycles. The summed E-state index contributed by atoms with van der Waals surface area (Å²) < 4.78 is 38.2. The van der Waals surface area contributed by atoms with Gasteiger partial charge in [0, 0.05) is 6.07 Å². The van der Waals surface area contributed by atoms with Crippen LogP contribution in [0.3, 0.4) is 0 Å². The minimum absolute atomic E-state index is 0.0949. The van der Waals surface area contributed by atoms with Crippen molar-refractivity contribution >= 4 is 10.1 Å². The maximum Gasteiger partial charge on any atom is 0.294 e. The first-order chi connectivity index (χ1) is 13.9. The molecule has 2 N–H and O–H groups in total. The van der Waals surface area contributed by atoms with Crippen molar-refractivity contribution in [2.75, 3.05) is 0 Å². The van der Waals surface area contributed by atoms with Gasteiger partial charge >= 0.3 is 0 Å². The number of benzene rings is 2. The molecule has 160 valence electrons. The number of aryl methyl sites for hydroxylation is 1. The third kappa shape index (κ3) is 8.46. The highest BCUT2D eigenvalue weighted by Gasteiger charge is 2.14. The summed E-state index contributed by atoms with van der Waals surface area (Å²) in [6, 6.07) is 10.8. The van der Waals surface area contributed by atoms with Crippen molar-refractivity contribution in [3.8, 4) is 17.2 Å². The predicted molar refractivity (Wildman–Crippen MR) is 115 cm³/mol. The molecule has 0 bridgehead atoms. The summed E-state index contributed by atoms with van der Waals surface area (Å²) in [7, 11) is -4.27. The van der Waals surface area contributed by atoms with Gasteiger partial charge in [0.05, 0.1) is 4.90 Å². The van der Waals surface area contributed by atoms with Gasteiger partial charge in [-0.2, -0.15) is 8.42 Å². The van der Waals surface area contributed by atoms with E-state index in [2.05, 4.69) is 6.92 Å². The Labute approximate surface area is 174 Å². The predicted octanol–water partition coefficient (Wildman–Crippen LogP) is 6.50. The maximum absolute atomic E-state index is 11.5. The zero-order chi connectivity index (χ0) is 21.1. The molecule has 0 radical (unpaired) electrons. The van der Waals surface area contributed by atoms with E-state index in [4.69, 9.17) is 4.74 Å². The largest absolute Gasteiger partial charge is 0.508 e. The second-order valence-corrected chi connectivity index (χ2v) is 8.84. The highest BCUT2D eigenvalue weighted by molar-refractivity contribution is 7.85. The summed E-state index contributed by atoms with van der Waals surface area (Å²) in [5.74, 6) is 1.10. The molecule has 2 aromatic rings. The molecule has 0 heterocycles. The van der Waals surface area contributed by atoms with Crippen LogP contribution in [0.2, 0.25) is 0 Å². The number of hydrogen-bond acceptors (Lipinski definition) is 4. The molecule has 0 saturated carbocycles.